The minimum Gasteiger partial charge on any atom is -0.443 e. The molecule has 0 saturated carbocycles. The predicted octanol–water partition coefficient (Wildman–Crippen LogP) is 3.18. The molecule has 2 aromatic rings. The van der Waals surface area contributed by atoms with Gasteiger partial charge < -0.3 is 9.64 Å². The van der Waals surface area contributed by atoms with Crippen LogP contribution in [0.15, 0.2) is 42.5 Å². The van der Waals surface area contributed by atoms with Gasteiger partial charge in [-0.2, -0.15) is 0 Å². The Morgan fingerprint density at radius 3 is 2.40 bits per heavy atom. The number of likely N-dealkylation sites (tertiary alicyclic amines) is 1. The van der Waals surface area contributed by atoms with Crippen LogP contribution in [-0.2, 0) is 9.53 Å². The van der Waals surface area contributed by atoms with Crippen molar-refractivity contribution in [2.45, 2.75) is 18.9 Å². The van der Waals surface area contributed by atoms with Crippen LogP contribution in [0, 0.1) is 10.1 Å². The third kappa shape index (κ3) is 3.85. The maximum Gasteiger partial charge on any atom is 0.349 e. The summed E-state index contributed by atoms with van der Waals surface area (Å²) in [5, 5.41) is 10.6. The standard InChI is InChI=1S/C17H16N2O5S/c20-16(18-10-4-5-11-18)15(12-6-2-1-3-7-12)24-17(21)13-8-9-14(25-13)19(22)23/h1-3,6-9,15H,4-5,10-11H2/t15-/m0/s1. The summed E-state index contributed by atoms with van der Waals surface area (Å²) in [4.78, 5) is 37.1. The molecule has 1 aliphatic heterocycles. The van der Waals surface area contributed by atoms with Gasteiger partial charge >= 0.3 is 11.0 Å². The maximum atomic E-state index is 12.8. The van der Waals surface area contributed by atoms with E-state index in [-0.39, 0.29) is 15.8 Å². The number of ether oxygens (including phenoxy) is 1. The number of nitrogens with zero attached hydrogens (tertiary/aromatic N) is 2. The van der Waals surface area contributed by atoms with Crippen LogP contribution in [0.2, 0.25) is 0 Å². The Kier molecular flexibility index (Phi) is 5.08. The van der Waals surface area contributed by atoms with E-state index in [1.54, 1.807) is 29.2 Å². The van der Waals surface area contributed by atoms with Gasteiger partial charge in [0, 0.05) is 24.7 Å². The fourth-order valence-corrected chi connectivity index (χ4v) is 3.40. The highest BCUT2D eigenvalue weighted by atomic mass is 32.1. The Morgan fingerprint density at radius 2 is 1.80 bits per heavy atom. The zero-order valence-electron chi connectivity index (χ0n) is 13.3. The van der Waals surface area contributed by atoms with Crippen LogP contribution < -0.4 is 0 Å². The summed E-state index contributed by atoms with van der Waals surface area (Å²) in [6.45, 7) is 1.29. The van der Waals surface area contributed by atoms with Crippen molar-refractivity contribution in [2.75, 3.05) is 13.1 Å². The molecule has 3 rings (SSSR count). The lowest BCUT2D eigenvalue weighted by Crippen LogP contribution is -2.34. The lowest BCUT2D eigenvalue weighted by Gasteiger charge is -2.23. The lowest BCUT2D eigenvalue weighted by molar-refractivity contribution is -0.380. The minimum absolute atomic E-state index is 0.0989. The van der Waals surface area contributed by atoms with Gasteiger partial charge in [0.15, 0.2) is 0 Å². The van der Waals surface area contributed by atoms with Crippen molar-refractivity contribution in [3.63, 3.8) is 0 Å². The van der Waals surface area contributed by atoms with Crippen LogP contribution in [0.1, 0.15) is 34.2 Å². The van der Waals surface area contributed by atoms with Crippen LogP contribution in [-0.4, -0.2) is 34.8 Å². The Morgan fingerprint density at radius 1 is 1.12 bits per heavy atom. The molecule has 0 aliphatic carbocycles. The zero-order valence-corrected chi connectivity index (χ0v) is 14.1. The van der Waals surface area contributed by atoms with Gasteiger partial charge in [0.2, 0.25) is 6.10 Å². The van der Waals surface area contributed by atoms with Crippen molar-refractivity contribution in [3.05, 3.63) is 63.0 Å². The molecular weight excluding hydrogens is 344 g/mol. The average molecular weight is 360 g/mol. The third-order valence-corrected chi connectivity index (χ3v) is 4.96. The molecule has 1 aliphatic rings. The van der Waals surface area contributed by atoms with E-state index in [1.807, 2.05) is 6.07 Å². The number of carbonyl (C=O) groups excluding carboxylic acids is 2. The zero-order chi connectivity index (χ0) is 17.8. The summed E-state index contributed by atoms with van der Waals surface area (Å²) in [7, 11) is 0. The van der Waals surface area contributed by atoms with E-state index in [1.165, 1.54) is 12.1 Å². The fraction of sp³-hybridized carbons (Fsp3) is 0.294. The molecule has 0 unspecified atom stereocenters. The number of hydrogen-bond donors (Lipinski definition) is 0. The predicted molar refractivity (Wildman–Crippen MR) is 91.4 cm³/mol. The molecule has 0 bridgehead atoms. The Balaban J connectivity index is 1.82. The highest BCUT2D eigenvalue weighted by Crippen LogP contribution is 2.28. The van der Waals surface area contributed by atoms with Crippen LogP contribution in [0.25, 0.3) is 0 Å². The topological polar surface area (TPSA) is 89.8 Å². The summed E-state index contributed by atoms with van der Waals surface area (Å²) in [5.41, 5.74) is 0.582. The molecule has 0 N–H and O–H groups in total. The minimum atomic E-state index is -1.05. The van der Waals surface area contributed by atoms with Crippen molar-refractivity contribution in [2.24, 2.45) is 0 Å². The number of thiophene rings is 1. The van der Waals surface area contributed by atoms with Gasteiger partial charge in [-0.1, -0.05) is 41.7 Å². The van der Waals surface area contributed by atoms with Crippen molar-refractivity contribution in [1.82, 2.24) is 4.90 Å². The average Bonchev–Trinajstić information content (AvgIpc) is 3.31. The first-order valence-corrected chi connectivity index (χ1v) is 8.67. The van der Waals surface area contributed by atoms with E-state index in [2.05, 4.69) is 0 Å². The first kappa shape index (κ1) is 17.1. The molecular formula is C17H16N2O5S. The molecule has 0 spiro atoms. The third-order valence-electron chi connectivity index (χ3n) is 3.94. The van der Waals surface area contributed by atoms with Crippen LogP contribution in [0.4, 0.5) is 5.00 Å². The van der Waals surface area contributed by atoms with Gasteiger partial charge in [-0.3, -0.25) is 14.9 Å². The first-order chi connectivity index (χ1) is 12.1. The highest BCUT2D eigenvalue weighted by Gasteiger charge is 2.31. The Hall–Kier alpha value is -2.74. The molecule has 8 heteroatoms. The van der Waals surface area contributed by atoms with E-state index in [4.69, 9.17) is 4.74 Å². The highest BCUT2D eigenvalue weighted by molar-refractivity contribution is 7.17. The summed E-state index contributed by atoms with van der Waals surface area (Å²) in [5.74, 6) is -0.998. The van der Waals surface area contributed by atoms with E-state index < -0.39 is 17.0 Å². The Bertz CT molecular complexity index is 783. The smallest absolute Gasteiger partial charge is 0.349 e. The van der Waals surface area contributed by atoms with E-state index in [0.29, 0.717) is 18.7 Å². The summed E-state index contributed by atoms with van der Waals surface area (Å²) >= 11 is 0.732. The van der Waals surface area contributed by atoms with Gasteiger partial charge in [0.05, 0.1) is 4.92 Å². The number of esters is 1. The molecule has 1 aromatic heterocycles. The second-order valence-electron chi connectivity index (χ2n) is 5.62. The van der Waals surface area contributed by atoms with Gasteiger partial charge in [0.1, 0.15) is 4.88 Å². The van der Waals surface area contributed by atoms with Gasteiger partial charge in [-0.15, -0.1) is 0 Å². The lowest BCUT2D eigenvalue weighted by atomic mass is 10.1. The molecule has 130 valence electrons. The maximum absolute atomic E-state index is 12.8. The van der Waals surface area contributed by atoms with E-state index in [9.17, 15) is 19.7 Å². The number of hydrogen-bond acceptors (Lipinski definition) is 6. The molecule has 1 atom stereocenters. The molecule has 2 heterocycles. The van der Waals surface area contributed by atoms with Gasteiger partial charge in [-0.05, 0) is 18.9 Å². The summed E-state index contributed by atoms with van der Waals surface area (Å²) in [6, 6.07) is 11.4. The number of carbonyl (C=O) groups is 2. The molecule has 25 heavy (non-hydrogen) atoms. The van der Waals surface area contributed by atoms with Crippen LogP contribution >= 0.6 is 11.3 Å². The second-order valence-corrected chi connectivity index (χ2v) is 6.69. The summed E-state index contributed by atoms with van der Waals surface area (Å²) in [6.07, 6.45) is 0.810. The first-order valence-electron chi connectivity index (χ1n) is 7.85. The molecule has 1 amide bonds. The summed E-state index contributed by atoms with van der Waals surface area (Å²) < 4.78 is 5.45. The number of nitro groups is 1. The second kappa shape index (κ2) is 7.43. The molecule has 7 nitrogen and oxygen atoms in total. The van der Waals surface area contributed by atoms with Crippen molar-refractivity contribution >= 4 is 28.2 Å². The van der Waals surface area contributed by atoms with Crippen molar-refractivity contribution in [1.29, 1.82) is 0 Å². The van der Waals surface area contributed by atoms with Crippen molar-refractivity contribution in [3.8, 4) is 0 Å². The van der Waals surface area contributed by atoms with Crippen LogP contribution in [0.5, 0.6) is 0 Å². The number of benzene rings is 1. The SMILES string of the molecule is O=C(O[C@H](C(=O)N1CCCC1)c1ccccc1)c1ccc([N+](=O)[O-])s1. The normalized spacial score (nSPS) is 15.0. The van der Waals surface area contributed by atoms with E-state index in [0.717, 1.165) is 24.2 Å². The number of amides is 1. The molecule has 0 radical (unpaired) electrons. The van der Waals surface area contributed by atoms with E-state index >= 15 is 0 Å². The largest absolute Gasteiger partial charge is 0.443 e. The van der Waals surface area contributed by atoms with Gasteiger partial charge in [-0.25, -0.2) is 4.79 Å². The molecule has 1 aromatic carbocycles. The number of rotatable bonds is 5. The Labute approximate surface area is 148 Å². The monoisotopic (exact) mass is 360 g/mol. The molecule has 1 fully saturated rings. The van der Waals surface area contributed by atoms with Crippen LogP contribution in [0.3, 0.4) is 0 Å². The van der Waals surface area contributed by atoms with Crippen molar-refractivity contribution < 1.29 is 19.2 Å². The quantitative estimate of drug-likeness (QED) is 0.464. The fourth-order valence-electron chi connectivity index (χ4n) is 2.69. The molecule has 1 saturated heterocycles. The van der Waals surface area contributed by atoms with Gasteiger partial charge in [0.25, 0.3) is 5.91 Å².